The van der Waals surface area contributed by atoms with Crippen molar-refractivity contribution in [3.8, 4) is 5.75 Å². The summed E-state index contributed by atoms with van der Waals surface area (Å²) in [5.74, 6) is -0.474. The Balaban J connectivity index is 1.58. The predicted octanol–water partition coefficient (Wildman–Crippen LogP) is 4.06. The molecule has 0 saturated carbocycles. The minimum atomic E-state index is -4.49. The van der Waals surface area contributed by atoms with Gasteiger partial charge in [0, 0.05) is 48.4 Å². The van der Waals surface area contributed by atoms with Crippen LogP contribution in [-0.4, -0.2) is 58.9 Å². The Morgan fingerprint density at radius 2 is 2.19 bits per heavy atom. The molecule has 31 heavy (non-hydrogen) atoms. The molecule has 3 rings (SSSR count). The summed E-state index contributed by atoms with van der Waals surface area (Å²) in [7, 11) is 1.30. The lowest BCUT2D eigenvalue weighted by atomic mass is 10.1. The minimum absolute atomic E-state index is 0.0108. The quantitative estimate of drug-likeness (QED) is 0.529. The highest BCUT2D eigenvalue weighted by atomic mass is 32.2. The van der Waals surface area contributed by atoms with E-state index < -0.39 is 17.7 Å². The van der Waals surface area contributed by atoms with E-state index in [9.17, 15) is 22.8 Å². The van der Waals surface area contributed by atoms with Crippen molar-refractivity contribution in [3.63, 3.8) is 0 Å². The number of methoxy groups -OCH3 is 1. The standard InChI is InChI=1S/C19H20F3N3O4S2/c1-29-14-7-11(19(20,21)22)6-12(8-14)23-9-13-2-3-16(26)25(13)4-5-30-18-24-15(10-31-18)17(27)28/h6-8,10,13,23H,2-5,9H2,1H3,(H,27,28)/t13-/m1/s1. The molecule has 2 N–H and O–H groups in total. The zero-order chi connectivity index (χ0) is 22.6. The molecule has 1 atom stereocenters. The summed E-state index contributed by atoms with van der Waals surface area (Å²) >= 11 is 2.59. The molecular formula is C19H20F3N3O4S2. The van der Waals surface area contributed by atoms with Crippen LogP contribution in [0.15, 0.2) is 27.9 Å². The van der Waals surface area contributed by atoms with Crippen LogP contribution in [0, 0.1) is 0 Å². The molecule has 1 amide bonds. The van der Waals surface area contributed by atoms with E-state index in [4.69, 9.17) is 9.84 Å². The van der Waals surface area contributed by atoms with Gasteiger partial charge in [0.25, 0.3) is 0 Å². The summed E-state index contributed by atoms with van der Waals surface area (Å²) < 4.78 is 44.8. The van der Waals surface area contributed by atoms with Crippen molar-refractivity contribution in [3.05, 3.63) is 34.8 Å². The third-order valence-corrected chi connectivity index (χ3v) is 6.73. The topological polar surface area (TPSA) is 91.8 Å². The van der Waals surface area contributed by atoms with Crippen molar-refractivity contribution in [2.75, 3.05) is 31.3 Å². The first-order valence-electron chi connectivity index (χ1n) is 9.28. The summed E-state index contributed by atoms with van der Waals surface area (Å²) in [4.78, 5) is 28.8. The number of hydrogen-bond donors (Lipinski definition) is 2. The number of carboxylic acid groups (broad SMARTS) is 1. The average Bonchev–Trinajstić information content (AvgIpc) is 3.33. The van der Waals surface area contributed by atoms with Crippen LogP contribution in [0.25, 0.3) is 0 Å². The number of hydrogen-bond acceptors (Lipinski definition) is 7. The zero-order valence-electron chi connectivity index (χ0n) is 16.4. The van der Waals surface area contributed by atoms with Crippen molar-refractivity contribution in [2.24, 2.45) is 0 Å². The van der Waals surface area contributed by atoms with Gasteiger partial charge in [0.1, 0.15) is 5.75 Å². The number of carbonyl (C=O) groups is 2. The van der Waals surface area contributed by atoms with Gasteiger partial charge in [-0.2, -0.15) is 13.2 Å². The number of carbonyl (C=O) groups excluding carboxylic acids is 1. The van der Waals surface area contributed by atoms with Gasteiger partial charge in [0.05, 0.1) is 12.7 Å². The summed E-state index contributed by atoms with van der Waals surface area (Å²) in [6, 6.07) is 3.28. The normalized spacial score (nSPS) is 16.6. The Kier molecular flexibility index (Phi) is 7.31. The van der Waals surface area contributed by atoms with Crippen LogP contribution < -0.4 is 10.1 Å². The van der Waals surface area contributed by atoms with Gasteiger partial charge in [0.2, 0.25) is 5.91 Å². The van der Waals surface area contributed by atoms with Gasteiger partial charge in [-0.1, -0.05) is 11.8 Å². The number of aromatic nitrogens is 1. The van der Waals surface area contributed by atoms with E-state index in [-0.39, 0.29) is 29.1 Å². The summed E-state index contributed by atoms with van der Waals surface area (Å²) in [5, 5.41) is 13.4. The molecule has 2 aromatic rings. The highest BCUT2D eigenvalue weighted by Gasteiger charge is 2.33. The number of anilines is 1. The largest absolute Gasteiger partial charge is 0.497 e. The van der Waals surface area contributed by atoms with Gasteiger partial charge in [-0.05, 0) is 18.6 Å². The number of carboxylic acids is 1. The van der Waals surface area contributed by atoms with E-state index in [0.717, 1.165) is 12.1 Å². The predicted molar refractivity (Wildman–Crippen MR) is 111 cm³/mol. The Morgan fingerprint density at radius 3 is 2.84 bits per heavy atom. The van der Waals surface area contributed by atoms with Crippen molar-refractivity contribution < 1.29 is 32.6 Å². The fourth-order valence-electron chi connectivity index (χ4n) is 3.18. The second-order valence-corrected chi connectivity index (χ2v) is 8.96. The lowest BCUT2D eigenvalue weighted by molar-refractivity contribution is -0.137. The lowest BCUT2D eigenvalue weighted by Gasteiger charge is -2.25. The Morgan fingerprint density at radius 1 is 1.42 bits per heavy atom. The van der Waals surface area contributed by atoms with E-state index in [1.807, 2.05) is 0 Å². The third kappa shape index (κ3) is 6.03. The summed E-state index contributed by atoms with van der Waals surface area (Å²) in [6.45, 7) is 0.741. The van der Waals surface area contributed by atoms with Crippen LogP contribution in [0.3, 0.4) is 0 Å². The molecule has 1 aliphatic heterocycles. The molecule has 1 aromatic carbocycles. The van der Waals surface area contributed by atoms with Gasteiger partial charge in [0.15, 0.2) is 10.0 Å². The Labute approximate surface area is 184 Å². The molecule has 0 unspecified atom stereocenters. The molecule has 168 valence electrons. The van der Waals surface area contributed by atoms with Crippen LogP contribution in [-0.2, 0) is 11.0 Å². The van der Waals surface area contributed by atoms with Crippen LogP contribution in [0.2, 0.25) is 0 Å². The highest BCUT2D eigenvalue weighted by Crippen LogP contribution is 2.34. The smallest absolute Gasteiger partial charge is 0.416 e. The maximum atomic E-state index is 13.1. The first kappa shape index (κ1) is 23.2. The number of likely N-dealkylation sites (tertiary alicyclic amines) is 1. The number of halogens is 3. The molecule has 1 aromatic heterocycles. The monoisotopic (exact) mass is 475 g/mol. The zero-order valence-corrected chi connectivity index (χ0v) is 18.1. The van der Waals surface area contributed by atoms with Crippen LogP contribution in [0.1, 0.15) is 28.9 Å². The molecule has 0 spiro atoms. The molecule has 7 nitrogen and oxygen atoms in total. The van der Waals surface area contributed by atoms with Gasteiger partial charge in [-0.3, -0.25) is 4.79 Å². The Bertz CT molecular complexity index is 952. The van der Waals surface area contributed by atoms with Crippen molar-refractivity contribution >= 4 is 40.7 Å². The molecular weight excluding hydrogens is 455 g/mol. The van der Waals surface area contributed by atoms with E-state index in [0.29, 0.717) is 36.0 Å². The van der Waals surface area contributed by atoms with Gasteiger partial charge < -0.3 is 20.1 Å². The van der Waals surface area contributed by atoms with Gasteiger partial charge in [-0.15, -0.1) is 11.3 Å². The summed E-state index contributed by atoms with van der Waals surface area (Å²) in [5.41, 5.74) is -0.554. The molecule has 0 bridgehead atoms. The molecule has 1 fully saturated rings. The number of thiazole rings is 1. The number of nitrogens with one attached hydrogen (secondary N) is 1. The van der Waals surface area contributed by atoms with E-state index in [1.165, 1.54) is 41.7 Å². The highest BCUT2D eigenvalue weighted by molar-refractivity contribution is 8.01. The number of benzene rings is 1. The first-order chi connectivity index (χ1) is 14.7. The second-order valence-electron chi connectivity index (χ2n) is 6.76. The third-order valence-electron chi connectivity index (χ3n) is 4.72. The second kappa shape index (κ2) is 9.77. The van der Waals surface area contributed by atoms with Gasteiger partial charge in [-0.25, -0.2) is 9.78 Å². The number of aromatic carboxylic acids is 1. The van der Waals surface area contributed by atoms with E-state index in [1.54, 1.807) is 4.90 Å². The Hall–Kier alpha value is -2.47. The average molecular weight is 476 g/mol. The van der Waals surface area contributed by atoms with Crippen molar-refractivity contribution in [1.82, 2.24) is 9.88 Å². The molecule has 1 saturated heterocycles. The van der Waals surface area contributed by atoms with E-state index in [2.05, 4.69) is 10.3 Å². The molecule has 1 aliphatic rings. The molecule has 0 aliphatic carbocycles. The van der Waals surface area contributed by atoms with Crippen LogP contribution in [0.5, 0.6) is 5.75 Å². The number of nitrogens with zero attached hydrogens (tertiary/aromatic N) is 2. The maximum absolute atomic E-state index is 13.1. The van der Waals surface area contributed by atoms with Gasteiger partial charge >= 0.3 is 12.1 Å². The number of amides is 1. The SMILES string of the molecule is COc1cc(NC[C@H]2CCC(=O)N2CCSc2nc(C(=O)O)cs2)cc(C(F)(F)F)c1. The van der Waals surface area contributed by atoms with Crippen LogP contribution >= 0.6 is 23.1 Å². The fourth-order valence-corrected chi connectivity index (χ4v) is 4.99. The number of alkyl halides is 3. The maximum Gasteiger partial charge on any atom is 0.416 e. The van der Waals surface area contributed by atoms with Crippen molar-refractivity contribution in [1.29, 1.82) is 0 Å². The molecule has 12 heteroatoms. The summed E-state index contributed by atoms with van der Waals surface area (Å²) in [6.07, 6.45) is -3.51. The lowest BCUT2D eigenvalue weighted by Crippen LogP contribution is -2.39. The number of rotatable bonds is 9. The first-order valence-corrected chi connectivity index (χ1v) is 11.1. The van der Waals surface area contributed by atoms with Crippen molar-refractivity contribution in [2.45, 2.75) is 29.4 Å². The molecule has 2 heterocycles. The number of thioether (sulfide) groups is 1. The van der Waals surface area contributed by atoms with E-state index >= 15 is 0 Å². The molecule has 0 radical (unpaired) electrons. The fraction of sp³-hybridized carbons (Fsp3) is 0.421. The van der Waals surface area contributed by atoms with Crippen LogP contribution in [0.4, 0.5) is 18.9 Å². The number of ether oxygens (including phenoxy) is 1. The minimum Gasteiger partial charge on any atom is -0.497 e.